The standard InChI is InChI=1S/C16H13NO5/c1-17-14(12-5-3-9-22-12)13(15(19)16(17)20)11(18)7-6-10-4-2-8-21-10/h2-9,14,19H,1H3/b7-6+. The van der Waals surface area contributed by atoms with Crippen LogP contribution in [0.5, 0.6) is 0 Å². The predicted octanol–water partition coefficient (Wildman–Crippen LogP) is 2.48. The van der Waals surface area contributed by atoms with E-state index in [9.17, 15) is 14.7 Å². The Morgan fingerprint density at radius 2 is 2.00 bits per heavy atom. The number of rotatable bonds is 4. The molecular weight excluding hydrogens is 286 g/mol. The lowest BCUT2D eigenvalue weighted by Gasteiger charge is -2.19. The first kappa shape index (κ1) is 13.9. The lowest BCUT2D eigenvalue weighted by Crippen LogP contribution is -2.26. The molecule has 0 aliphatic carbocycles. The van der Waals surface area contributed by atoms with Crippen molar-refractivity contribution in [2.24, 2.45) is 0 Å². The summed E-state index contributed by atoms with van der Waals surface area (Å²) in [7, 11) is 1.50. The number of amides is 1. The summed E-state index contributed by atoms with van der Waals surface area (Å²) in [6, 6.07) is 5.95. The van der Waals surface area contributed by atoms with Gasteiger partial charge >= 0.3 is 0 Å². The third-order valence-electron chi connectivity index (χ3n) is 3.46. The molecule has 0 spiro atoms. The zero-order valence-electron chi connectivity index (χ0n) is 11.7. The van der Waals surface area contributed by atoms with Crippen molar-refractivity contribution >= 4 is 17.8 Å². The van der Waals surface area contributed by atoms with Crippen LogP contribution in [0.4, 0.5) is 0 Å². The summed E-state index contributed by atoms with van der Waals surface area (Å²) in [6.07, 6.45) is 5.67. The Kier molecular flexibility index (Phi) is 3.42. The third kappa shape index (κ3) is 2.24. The summed E-state index contributed by atoms with van der Waals surface area (Å²) in [5.41, 5.74) is -0.00902. The normalized spacial score (nSPS) is 18.7. The van der Waals surface area contributed by atoms with Gasteiger partial charge in [-0.1, -0.05) is 0 Å². The van der Waals surface area contributed by atoms with Gasteiger partial charge in [0.2, 0.25) is 0 Å². The molecule has 2 aromatic heterocycles. The molecule has 1 aliphatic heterocycles. The van der Waals surface area contributed by atoms with Crippen molar-refractivity contribution in [2.75, 3.05) is 7.05 Å². The fraction of sp³-hybridized carbons (Fsp3) is 0.125. The second kappa shape index (κ2) is 5.40. The summed E-state index contributed by atoms with van der Waals surface area (Å²) in [5.74, 6) is -0.738. The van der Waals surface area contributed by atoms with E-state index in [1.54, 1.807) is 24.3 Å². The summed E-state index contributed by atoms with van der Waals surface area (Å²) in [6.45, 7) is 0. The molecule has 1 amide bonds. The first-order valence-corrected chi connectivity index (χ1v) is 6.59. The van der Waals surface area contributed by atoms with E-state index in [2.05, 4.69) is 0 Å². The summed E-state index contributed by atoms with van der Waals surface area (Å²) >= 11 is 0. The second-order valence-electron chi connectivity index (χ2n) is 4.81. The van der Waals surface area contributed by atoms with Gasteiger partial charge in [-0.05, 0) is 36.4 Å². The highest BCUT2D eigenvalue weighted by atomic mass is 16.3. The maximum Gasteiger partial charge on any atom is 0.289 e. The Labute approximate surface area is 125 Å². The van der Waals surface area contributed by atoms with Crippen molar-refractivity contribution in [2.45, 2.75) is 6.04 Å². The zero-order chi connectivity index (χ0) is 15.7. The van der Waals surface area contributed by atoms with E-state index in [1.165, 1.54) is 36.6 Å². The van der Waals surface area contributed by atoms with Crippen molar-refractivity contribution in [3.63, 3.8) is 0 Å². The number of ketones is 1. The minimum Gasteiger partial charge on any atom is -0.503 e. The van der Waals surface area contributed by atoms with Crippen LogP contribution >= 0.6 is 0 Å². The van der Waals surface area contributed by atoms with Gasteiger partial charge < -0.3 is 18.8 Å². The molecule has 22 heavy (non-hydrogen) atoms. The number of carbonyl (C=O) groups is 2. The maximum absolute atomic E-state index is 12.4. The number of hydrogen-bond donors (Lipinski definition) is 1. The van der Waals surface area contributed by atoms with Crippen LogP contribution in [0.1, 0.15) is 17.6 Å². The topological polar surface area (TPSA) is 83.9 Å². The van der Waals surface area contributed by atoms with Crippen LogP contribution in [-0.2, 0) is 9.59 Å². The van der Waals surface area contributed by atoms with Crippen LogP contribution in [-0.4, -0.2) is 28.7 Å². The minimum absolute atomic E-state index is 0.00902. The average molecular weight is 299 g/mol. The van der Waals surface area contributed by atoms with Gasteiger partial charge in [-0.15, -0.1) is 0 Å². The zero-order valence-corrected chi connectivity index (χ0v) is 11.7. The van der Waals surface area contributed by atoms with Gasteiger partial charge in [0.1, 0.15) is 17.6 Å². The Balaban J connectivity index is 1.95. The lowest BCUT2D eigenvalue weighted by molar-refractivity contribution is -0.128. The smallest absolute Gasteiger partial charge is 0.289 e. The van der Waals surface area contributed by atoms with Crippen LogP contribution < -0.4 is 0 Å². The highest BCUT2D eigenvalue weighted by Gasteiger charge is 2.42. The Hall–Kier alpha value is -3.02. The highest BCUT2D eigenvalue weighted by Crippen LogP contribution is 2.36. The first-order chi connectivity index (χ1) is 10.6. The molecule has 1 aliphatic rings. The monoisotopic (exact) mass is 299 g/mol. The molecule has 0 fully saturated rings. The SMILES string of the molecule is CN1C(=O)C(O)=C(C(=O)/C=C/c2ccco2)C1c1ccco1. The average Bonchev–Trinajstić information content (AvgIpc) is 3.23. The molecule has 2 aromatic rings. The Morgan fingerprint density at radius 3 is 2.64 bits per heavy atom. The van der Waals surface area contributed by atoms with Crippen molar-refractivity contribution in [3.8, 4) is 0 Å². The molecule has 6 heteroatoms. The summed E-state index contributed by atoms with van der Waals surface area (Å²) < 4.78 is 10.4. The van der Waals surface area contributed by atoms with E-state index in [0.29, 0.717) is 11.5 Å². The van der Waals surface area contributed by atoms with Crippen LogP contribution in [0.2, 0.25) is 0 Å². The maximum atomic E-state index is 12.4. The first-order valence-electron chi connectivity index (χ1n) is 6.59. The van der Waals surface area contributed by atoms with Crippen LogP contribution in [0, 0.1) is 0 Å². The Bertz CT molecular complexity index is 753. The molecule has 1 atom stereocenters. The fourth-order valence-corrected chi connectivity index (χ4v) is 2.39. The Morgan fingerprint density at radius 1 is 1.27 bits per heavy atom. The van der Waals surface area contributed by atoms with Gasteiger partial charge in [-0.2, -0.15) is 0 Å². The molecule has 0 radical (unpaired) electrons. The van der Waals surface area contributed by atoms with Gasteiger partial charge in [-0.25, -0.2) is 0 Å². The number of hydrogen-bond acceptors (Lipinski definition) is 5. The van der Waals surface area contributed by atoms with Crippen LogP contribution in [0.25, 0.3) is 6.08 Å². The molecule has 3 rings (SSSR count). The third-order valence-corrected chi connectivity index (χ3v) is 3.46. The molecule has 0 aromatic carbocycles. The number of aliphatic hydroxyl groups excluding tert-OH is 1. The van der Waals surface area contributed by atoms with E-state index in [4.69, 9.17) is 8.83 Å². The largest absolute Gasteiger partial charge is 0.503 e. The highest BCUT2D eigenvalue weighted by molar-refractivity contribution is 6.14. The van der Waals surface area contributed by atoms with Crippen molar-refractivity contribution in [1.29, 1.82) is 0 Å². The van der Waals surface area contributed by atoms with E-state index in [0.717, 1.165) is 0 Å². The van der Waals surface area contributed by atoms with Crippen molar-refractivity contribution in [3.05, 3.63) is 65.7 Å². The number of nitrogens with zero attached hydrogens (tertiary/aromatic N) is 1. The second-order valence-corrected chi connectivity index (χ2v) is 4.81. The summed E-state index contributed by atoms with van der Waals surface area (Å²) in [5, 5.41) is 9.99. The minimum atomic E-state index is -0.740. The predicted molar refractivity (Wildman–Crippen MR) is 76.6 cm³/mol. The van der Waals surface area contributed by atoms with E-state index >= 15 is 0 Å². The molecule has 1 N–H and O–H groups in total. The molecule has 0 saturated heterocycles. The van der Waals surface area contributed by atoms with Crippen molar-refractivity contribution in [1.82, 2.24) is 4.90 Å². The molecule has 3 heterocycles. The van der Waals surface area contributed by atoms with Crippen LogP contribution in [0.15, 0.2) is 63.0 Å². The number of likely N-dealkylation sites (N-methyl/N-ethyl adjacent to an activating group) is 1. The van der Waals surface area contributed by atoms with Gasteiger partial charge in [0.05, 0.1) is 18.1 Å². The quantitative estimate of drug-likeness (QED) is 0.877. The van der Waals surface area contributed by atoms with E-state index in [-0.39, 0.29) is 5.57 Å². The fourth-order valence-electron chi connectivity index (χ4n) is 2.39. The number of aliphatic hydroxyl groups is 1. The van der Waals surface area contributed by atoms with Crippen LogP contribution in [0.3, 0.4) is 0 Å². The van der Waals surface area contributed by atoms with Gasteiger partial charge in [-0.3, -0.25) is 9.59 Å². The molecule has 112 valence electrons. The van der Waals surface area contributed by atoms with Gasteiger partial charge in [0.25, 0.3) is 5.91 Å². The van der Waals surface area contributed by atoms with Crippen molar-refractivity contribution < 1.29 is 23.5 Å². The van der Waals surface area contributed by atoms with Gasteiger partial charge in [0, 0.05) is 7.05 Å². The number of carbonyl (C=O) groups excluding carboxylic acids is 2. The van der Waals surface area contributed by atoms with E-state index in [1.807, 2.05) is 0 Å². The molecule has 6 nitrogen and oxygen atoms in total. The number of allylic oxidation sites excluding steroid dienone is 1. The van der Waals surface area contributed by atoms with E-state index < -0.39 is 23.5 Å². The summed E-state index contributed by atoms with van der Waals surface area (Å²) in [4.78, 5) is 25.6. The lowest BCUT2D eigenvalue weighted by atomic mass is 10.0. The number of furan rings is 2. The molecule has 0 bridgehead atoms. The molecular formula is C16H13NO5. The molecule has 0 saturated carbocycles. The molecule has 1 unspecified atom stereocenters. The van der Waals surface area contributed by atoms with Gasteiger partial charge in [0.15, 0.2) is 11.5 Å².